The summed E-state index contributed by atoms with van der Waals surface area (Å²) in [6, 6.07) is 17.7. The predicted molar refractivity (Wildman–Crippen MR) is 152 cm³/mol. The van der Waals surface area contributed by atoms with Crippen LogP contribution in [0, 0.1) is 13.8 Å². The molecule has 200 valence electrons. The summed E-state index contributed by atoms with van der Waals surface area (Å²) in [6.07, 6.45) is -0.735. The van der Waals surface area contributed by atoms with Crippen LogP contribution < -0.4 is 9.64 Å². The monoisotopic (exact) mass is 584 g/mol. The lowest BCUT2D eigenvalue weighted by molar-refractivity contribution is 0.0663. The van der Waals surface area contributed by atoms with Gasteiger partial charge in [-0.2, -0.15) is 0 Å². The number of ether oxygens (including phenoxy) is 1. The number of sulfone groups is 1. The highest BCUT2D eigenvalue weighted by molar-refractivity contribution is 7.91. The third-order valence-corrected chi connectivity index (χ3v) is 9.15. The summed E-state index contributed by atoms with van der Waals surface area (Å²) < 4.78 is 31.8. The molecule has 10 heteroatoms. The fourth-order valence-corrected chi connectivity index (χ4v) is 6.37. The van der Waals surface area contributed by atoms with Gasteiger partial charge in [-0.25, -0.2) is 8.42 Å². The smallest absolute Gasteiger partial charge is 0.208 e. The van der Waals surface area contributed by atoms with E-state index in [-0.39, 0.29) is 44.6 Å². The summed E-state index contributed by atoms with van der Waals surface area (Å²) >= 11 is 12.7. The van der Waals surface area contributed by atoms with Crippen LogP contribution in [0.15, 0.2) is 70.5 Å². The second-order valence-corrected chi connectivity index (χ2v) is 11.7. The van der Waals surface area contributed by atoms with Gasteiger partial charge in [-0.15, -0.1) is 12.4 Å². The van der Waals surface area contributed by atoms with Crippen molar-refractivity contribution in [1.82, 2.24) is 4.90 Å². The molecule has 1 saturated heterocycles. The molecule has 1 N–H and O–H groups in total. The van der Waals surface area contributed by atoms with Gasteiger partial charge in [0.2, 0.25) is 9.84 Å². The van der Waals surface area contributed by atoms with Gasteiger partial charge in [0.15, 0.2) is 0 Å². The molecule has 0 amide bonds. The lowest BCUT2D eigenvalue weighted by Crippen LogP contribution is -2.49. The zero-order valence-electron chi connectivity index (χ0n) is 20.7. The molecule has 1 fully saturated rings. The van der Waals surface area contributed by atoms with Gasteiger partial charge in [0.1, 0.15) is 23.5 Å². The Morgan fingerprint density at radius 1 is 0.919 bits per heavy atom. The Bertz CT molecular complexity index is 1310. The van der Waals surface area contributed by atoms with Crippen LogP contribution in [0.25, 0.3) is 0 Å². The van der Waals surface area contributed by atoms with Crippen molar-refractivity contribution in [2.75, 3.05) is 44.2 Å². The van der Waals surface area contributed by atoms with Gasteiger partial charge in [-0.3, -0.25) is 4.90 Å². The fraction of sp³-hybridized carbons (Fsp3) is 0.333. The Kier molecular flexibility index (Phi) is 10.1. The molecule has 1 aliphatic heterocycles. The van der Waals surface area contributed by atoms with Crippen LogP contribution in [0.2, 0.25) is 10.0 Å². The van der Waals surface area contributed by atoms with Crippen molar-refractivity contribution < 1.29 is 18.3 Å². The van der Waals surface area contributed by atoms with Crippen molar-refractivity contribution in [3.63, 3.8) is 0 Å². The minimum atomic E-state index is -3.84. The molecule has 1 atom stereocenters. The molecule has 1 aliphatic rings. The molecule has 37 heavy (non-hydrogen) atoms. The first-order chi connectivity index (χ1) is 17.2. The molecule has 3 aromatic rings. The van der Waals surface area contributed by atoms with E-state index in [4.69, 9.17) is 27.9 Å². The first-order valence-electron chi connectivity index (χ1n) is 11.8. The molecule has 0 radical (unpaired) electrons. The molecule has 0 aromatic heterocycles. The van der Waals surface area contributed by atoms with Gasteiger partial charge >= 0.3 is 0 Å². The second-order valence-electron chi connectivity index (χ2n) is 9.05. The van der Waals surface area contributed by atoms with Gasteiger partial charge in [0.25, 0.3) is 0 Å². The number of piperazine rings is 1. The standard InChI is InChI=1S/C27H30Cl2N2O4S.ClH/c1-19-7-9-22(10-8-19)36(33,34)25-12-11-24(26(28)27(25)29)35-18-21(32)17-30-13-15-31(16-14-30)23-6-4-3-5-20(23)2;/h3-12,21,32H,13-18H2,1-2H3;1H. The van der Waals surface area contributed by atoms with E-state index in [1.165, 1.54) is 35.5 Å². The second kappa shape index (κ2) is 12.7. The van der Waals surface area contributed by atoms with Crippen molar-refractivity contribution in [1.29, 1.82) is 0 Å². The summed E-state index contributed by atoms with van der Waals surface area (Å²) in [5.74, 6) is 0.230. The first kappa shape index (κ1) is 29.6. The van der Waals surface area contributed by atoms with Crippen molar-refractivity contribution in [2.45, 2.75) is 29.7 Å². The molecule has 3 aromatic carbocycles. The van der Waals surface area contributed by atoms with Gasteiger partial charge in [0, 0.05) is 38.4 Å². The number of β-amino-alcohol motifs (C(OH)–C–C–N with tert-alkyl or cyclic N) is 1. The first-order valence-corrected chi connectivity index (χ1v) is 14.0. The number of nitrogens with zero attached hydrogens (tertiary/aromatic N) is 2. The molecule has 1 heterocycles. The highest BCUT2D eigenvalue weighted by atomic mass is 35.5. The quantitative estimate of drug-likeness (QED) is 0.380. The van der Waals surface area contributed by atoms with Crippen LogP contribution in [-0.4, -0.2) is 63.9 Å². The van der Waals surface area contributed by atoms with E-state index in [1.807, 2.05) is 13.0 Å². The van der Waals surface area contributed by atoms with Crippen molar-refractivity contribution in [3.8, 4) is 5.75 Å². The Hall–Kier alpha value is -2.00. The van der Waals surface area contributed by atoms with E-state index in [0.717, 1.165) is 31.7 Å². The van der Waals surface area contributed by atoms with E-state index < -0.39 is 15.9 Å². The summed E-state index contributed by atoms with van der Waals surface area (Å²) in [5, 5.41) is 10.5. The zero-order chi connectivity index (χ0) is 25.9. The van der Waals surface area contributed by atoms with Crippen LogP contribution in [0.1, 0.15) is 11.1 Å². The van der Waals surface area contributed by atoms with Gasteiger partial charge in [0.05, 0.1) is 14.8 Å². The molecule has 1 unspecified atom stereocenters. The summed E-state index contributed by atoms with van der Waals surface area (Å²) in [5.41, 5.74) is 3.46. The van der Waals surface area contributed by atoms with Crippen molar-refractivity contribution >= 4 is 51.1 Å². The van der Waals surface area contributed by atoms with Gasteiger partial charge in [-0.05, 0) is 49.7 Å². The maximum absolute atomic E-state index is 13.0. The van der Waals surface area contributed by atoms with E-state index in [0.29, 0.717) is 6.54 Å². The number of para-hydroxylation sites is 1. The molecule has 6 nitrogen and oxygen atoms in total. The molecule has 0 bridgehead atoms. The maximum Gasteiger partial charge on any atom is 0.208 e. The van der Waals surface area contributed by atoms with E-state index >= 15 is 0 Å². The molecule has 4 rings (SSSR count). The normalized spacial score (nSPS) is 15.2. The van der Waals surface area contributed by atoms with Gasteiger partial charge < -0.3 is 14.7 Å². The molecular formula is C27H31Cl3N2O4S. The number of anilines is 1. The van der Waals surface area contributed by atoms with Crippen LogP contribution >= 0.6 is 35.6 Å². The summed E-state index contributed by atoms with van der Waals surface area (Å²) in [4.78, 5) is 4.62. The number of halogens is 3. The third kappa shape index (κ3) is 6.91. The Morgan fingerprint density at radius 3 is 2.22 bits per heavy atom. The molecule has 0 spiro atoms. The van der Waals surface area contributed by atoms with Crippen LogP contribution in [0.5, 0.6) is 5.75 Å². The van der Waals surface area contributed by atoms with Crippen molar-refractivity contribution in [2.24, 2.45) is 0 Å². The average Bonchev–Trinajstić information content (AvgIpc) is 2.86. The topological polar surface area (TPSA) is 70.1 Å². The van der Waals surface area contributed by atoms with E-state index in [2.05, 4.69) is 34.9 Å². The maximum atomic E-state index is 13.0. The summed E-state index contributed by atoms with van der Waals surface area (Å²) in [7, 11) is -3.84. The minimum Gasteiger partial charge on any atom is -0.489 e. The summed E-state index contributed by atoms with van der Waals surface area (Å²) in [6.45, 7) is 7.92. The lowest BCUT2D eigenvalue weighted by Gasteiger charge is -2.37. The number of benzene rings is 3. The predicted octanol–water partition coefficient (Wildman–Crippen LogP) is 5.43. The number of hydrogen-bond donors (Lipinski definition) is 1. The minimum absolute atomic E-state index is 0. The number of aliphatic hydroxyl groups is 1. The van der Waals surface area contributed by atoms with Crippen LogP contribution in [-0.2, 0) is 9.84 Å². The SMILES string of the molecule is Cc1ccc(S(=O)(=O)c2ccc(OCC(O)CN3CCN(c4ccccc4C)CC3)c(Cl)c2Cl)cc1.Cl. The third-order valence-electron chi connectivity index (χ3n) is 6.36. The number of aliphatic hydroxyl groups excluding tert-OH is 1. The van der Waals surface area contributed by atoms with Crippen LogP contribution in [0.4, 0.5) is 5.69 Å². The number of hydrogen-bond acceptors (Lipinski definition) is 6. The molecule has 0 saturated carbocycles. The number of aryl methyl sites for hydroxylation is 2. The highest BCUT2D eigenvalue weighted by Gasteiger charge is 2.25. The Labute approximate surface area is 235 Å². The van der Waals surface area contributed by atoms with Crippen LogP contribution in [0.3, 0.4) is 0 Å². The van der Waals surface area contributed by atoms with E-state index in [1.54, 1.807) is 12.1 Å². The van der Waals surface area contributed by atoms with E-state index in [9.17, 15) is 13.5 Å². The lowest BCUT2D eigenvalue weighted by atomic mass is 10.1. The Morgan fingerprint density at radius 2 is 1.57 bits per heavy atom. The molecular weight excluding hydrogens is 555 g/mol. The largest absolute Gasteiger partial charge is 0.489 e. The number of rotatable bonds is 8. The molecule has 0 aliphatic carbocycles. The highest BCUT2D eigenvalue weighted by Crippen LogP contribution is 2.39. The van der Waals surface area contributed by atoms with Gasteiger partial charge in [-0.1, -0.05) is 59.1 Å². The van der Waals surface area contributed by atoms with Crippen molar-refractivity contribution in [3.05, 3.63) is 81.8 Å². The average molecular weight is 586 g/mol. The Balaban J connectivity index is 0.00000380. The fourth-order valence-electron chi connectivity index (χ4n) is 4.30. The zero-order valence-corrected chi connectivity index (χ0v) is 23.9.